The molecule has 0 bridgehead atoms. The lowest BCUT2D eigenvalue weighted by molar-refractivity contribution is -0.140. The van der Waals surface area contributed by atoms with Crippen LogP contribution < -0.4 is 10.0 Å². The number of hydrogen-bond donors (Lipinski definition) is 2. The van der Waals surface area contributed by atoms with Crippen LogP contribution in [-0.2, 0) is 61.5 Å². The molecule has 6 rings (SSSR count). The first-order valence-corrected chi connectivity index (χ1v) is 28.3. The predicted octanol–water partition coefficient (Wildman–Crippen LogP) is 8.16. The van der Waals surface area contributed by atoms with Crippen LogP contribution >= 0.6 is 46.4 Å². The summed E-state index contributed by atoms with van der Waals surface area (Å²) in [6.45, 7) is 8.04. The van der Waals surface area contributed by atoms with Crippen molar-refractivity contribution < 1.29 is 45.4 Å². The molecule has 0 fully saturated rings. The Balaban J connectivity index is 0.781. The van der Waals surface area contributed by atoms with Crippen LogP contribution in [0, 0.1) is 5.41 Å². The Morgan fingerprint density at radius 1 is 0.634 bits per heavy atom. The van der Waals surface area contributed by atoms with Crippen molar-refractivity contribution >= 4 is 78.0 Å². The average Bonchev–Trinajstić information content (AvgIpc) is 3.32. The maximum Gasteiger partial charge on any atom is 0.240 e. The number of carbonyl (C=O) groups is 2. The van der Waals surface area contributed by atoms with Crippen LogP contribution in [0.5, 0.6) is 0 Å². The standard InChI is InChI=1S/C51H64Cl4N4O10S2/c1-51(2,49(60)13-7-16-66-20-23-69-19-15-57-71(64,65)40-12-6-10-36(26-40)44-32-59(4)34-46-42(44)28-38(53)30-48(46)55)50(61)56-14-18-68-22-21-67-17-8-24-70(62,63)39-11-5-9-35(25-39)43-31-58(3)33-45-41(43)27-37(52)29-47(45)54/h5-6,9-12,25-30,43-44,57H,7-8,13-24,31-34H2,1-4H3,(H,56,61). The summed E-state index contributed by atoms with van der Waals surface area (Å²) in [5.74, 6) is -0.881. The van der Waals surface area contributed by atoms with Gasteiger partial charge in [-0.1, -0.05) is 70.7 Å². The van der Waals surface area contributed by atoms with E-state index in [4.69, 9.17) is 65.4 Å². The molecule has 2 heterocycles. The van der Waals surface area contributed by atoms with E-state index >= 15 is 0 Å². The lowest BCUT2D eigenvalue weighted by Crippen LogP contribution is -2.43. The molecule has 71 heavy (non-hydrogen) atoms. The van der Waals surface area contributed by atoms with Gasteiger partial charge in [-0.15, -0.1) is 0 Å². The van der Waals surface area contributed by atoms with E-state index in [0.29, 0.717) is 59.1 Å². The van der Waals surface area contributed by atoms with Crippen LogP contribution in [0.3, 0.4) is 0 Å². The van der Waals surface area contributed by atoms with Crippen LogP contribution in [0.15, 0.2) is 82.6 Å². The quantitative estimate of drug-likeness (QED) is 0.0435. The first-order valence-electron chi connectivity index (χ1n) is 23.6. The number of ketones is 1. The molecule has 2 aliphatic rings. The van der Waals surface area contributed by atoms with Gasteiger partial charge >= 0.3 is 0 Å². The van der Waals surface area contributed by atoms with Crippen LogP contribution in [0.4, 0.5) is 0 Å². The van der Waals surface area contributed by atoms with Gasteiger partial charge in [0.1, 0.15) is 11.2 Å². The molecule has 0 aromatic heterocycles. The topological polar surface area (TPSA) is 170 Å². The molecular weight excluding hydrogens is 1030 g/mol. The molecular formula is C51H64Cl4N4O10S2. The molecule has 2 unspecified atom stereocenters. The van der Waals surface area contributed by atoms with Crippen molar-refractivity contribution in [3.05, 3.63) is 126 Å². The van der Waals surface area contributed by atoms with Gasteiger partial charge in [-0.05, 0) is 123 Å². The van der Waals surface area contributed by atoms with E-state index in [1.165, 1.54) is 0 Å². The van der Waals surface area contributed by atoms with Crippen molar-refractivity contribution in [1.29, 1.82) is 0 Å². The third-order valence-electron chi connectivity index (χ3n) is 12.6. The van der Waals surface area contributed by atoms with E-state index in [2.05, 4.69) is 19.8 Å². The highest BCUT2D eigenvalue weighted by Gasteiger charge is 2.35. The number of amides is 1. The molecule has 0 saturated heterocycles. The van der Waals surface area contributed by atoms with Crippen molar-refractivity contribution in [2.45, 2.75) is 67.8 Å². The number of rotatable bonds is 27. The Morgan fingerprint density at radius 2 is 1.11 bits per heavy atom. The number of nitrogens with zero attached hydrogens (tertiary/aromatic N) is 2. The highest BCUT2D eigenvalue weighted by Crippen LogP contribution is 2.40. The molecule has 2 N–H and O–H groups in total. The number of benzene rings is 4. The van der Waals surface area contributed by atoms with Gasteiger partial charge < -0.3 is 34.1 Å². The van der Waals surface area contributed by atoms with Gasteiger partial charge in [-0.25, -0.2) is 21.6 Å². The summed E-state index contributed by atoms with van der Waals surface area (Å²) in [6, 6.07) is 21.2. The SMILES string of the molecule is CN1Cc2c(Cl)cc(Cl)cc2C(c2cccc(S(=O)(=O)CCCOCCOCCNC(=O)C(C)(C)C(=O)CCCOCCOCCNS(=O)(=O)c3cccc(C4CN(C)Cc5c(Cl)cc(Cl)cc54)c3)c2)C1. The average molecular weight is 1100 g/mol. The summed E-state index contributed by atoms with van der Waals surface area (Å²) >= 11 is 25.7. The van der Waals surface area contributed by atoms with Gasteiger partial charge in [0, 0.05) is 90.8 Å². The second kappa shape index (κ2) is 26.3. The zero-order chi connectivity index (χ0) is 51.3. The molecule has 20 heteroatoms. The number of carbonyl (C=O) groups excluding carboxylic acids is 2. The summed E-state index contributed by atoms with van der Waals surface area (Å²) in [4.78, 5) is 30.5. The molecule has 0 radical (unpaired) electrons. The Hall–Kier alpha value is -3.20. The summed E-state index contributed by atoms with van der Waals surface area (Å²) in [6.07, 6.45) is 0.873. The predicted molar refractivity (Wildman–Crippen MR) is 278 cm³/mol. The van der Waals surface area contributed by atoms with Crippen LogP contribution in [0.2, 0.25) is 20.1 Å². The Labute approximate surface area is 438 Å². The van der Waals surface area contributed by atoms with Gasteiger partial charge in [0.25, 0.3) is 0 Å². The number of fused-ring (bicyclic) bond motifs is 2. The number of ether oxygens (including phenoxy) is 4. The smallest absolute Gasteiger partial charge is 0.240 e. The number of sulfone groups is 1. The fourth-order valence-electron chi connectivity index (χ4n) is 8.76. The van der Waals surface area contributed by atoms with Crippen molar-refractivity contribution in [2.75, 3.05) is 98.9 Å². The van der Waals surface area contributed by atoms with Gasteiger partial charge in [-0.2, -0.15) is 0 Å². The minimum absolute atomic E-state index is 0.0664. The third kappa shape index (κ3) is 15.9. The zero-order valence-electron chi connectivity index (χ0n) is 40.6. The van der Waals surface area contributed by atoms with Crippen molar-refractivity contribution in [3.63, 3.8) is 0 Å². The second-order valence-corrected chi connectivity index (χ2v) is 24.0. The normalized spacial score (nSPS) is 16.7. The fourth-order valence-corrected chi connectivity index (χ4v) is 12.3. The molecule has 388 valence electrons. The first-order chi connectivity index (χ1) is 33.8. The van der Waals surface area contributed by atoms with E-state index < -0.39 is 31.2 Å². The van der Waals surface area contributed by atoms with Crippen molar-refractivity contribution in [2.24, 2.45) is 5.41 Å². The lowest BCUT2D eigenvalue weighted by Gasteiger charge is -2.33. The summed E-state index contributed by atoms with van der Waals surface area (Å²) in [7, 11) is -3.37. The van der Waals surface area contributed by atoms with E-state index in [9.17, 15) is 26.4 Å². The molecule has 1 amide bonds. The van der Waals surface area contributed by atoms with Crippen LogP contribution in [0.1, 0.15) is 78.3 Å². The molecule has 0 aliphatic carbocycles. The number of hydrogen-bond acceptors (Lipinski definition) is 12. The van der Waals surface area contributed by atoms with Gasteiger partial charge in [-0.3, -0.25) is 9.59 Å². The highest BCUT2D eigenvalue weighted by atomic mass is 35.5. The fraction of sp³-hybridized carbons (Fsp3) is 0.490. The minimum Gasteiger partial charge on any atom is -0.379 e. The van der Waals surface area contributed by atoms with Crippen LogP contribution in [-0.4, -0.2) is 137 Å². The molecule has 4 aromatic rings. The number of nitrogens with one attached hydrogen (secondary N) is 2. The third-order valence-corrected chi connectivity index (χ3v) is 17.0. The summed E-state index contributed by atoms with van der Waals surface area (Å²) in [5.41, 5.74) is 4.46. The van der Waals surface area contributed by atoms with Crippen molar-refractivity contribution in [3.8, 4) is 0 Å². The van der Waals surface area contributed by atoms with E-state index in [0.717, 1.165) is 33.4 Å². The van der Waals surface area contributed by atoms with Gasteiger partial charge in [0.15, 0.2) is 9.84 Å². The molecule has 4 aromatic carbocycles. The Morgan fingerprint density at radius 3 is 1.66 bits per heavy atom. The second-order valence-electron chi connectivity index (χ2n) is 18.5. The molecule has 0 saturated carbocycles. The van der Waals surface area contributed by atoms with E-state index in [1.807, 2.05) is 38.4 Å². The maximum absolute atomic E-state index is 13.3. The van der Waals surface area contributed by atoms with Crippen LogP contribution in [0.25, 0.3) is 0 Å². The van der Waals surface area contributed by atoms with E-state index in [-0.39, 0.29) is 106 Å². The summed E-state index contributed by atoms with van der Waals surface area (Å²) in [5, 5.41) is 5.03. The lowest BCUT2D eigenvalue weighted by atomic mass is 9.84. The zero-order valence-corrected chi connectivity index (χ0v) is 45.3. The Kier molecular flexibility index (Phi) is 21.2. The largest absolute Gasteiger partial charge is 0.379 e. The summed E-state index contributed by atoms with van der Waals surface area (Å²) < 4.78 is 77.9. The monoisotopic (exact) mass is 1100 g/mol. The molecule has 2 atom stereocenters. The number of halogens is 4. The number of likely N-dealkylation sites (N-methyl/N-ethyl adjacent to an activating group) is 2. The van der Waals surface area contributed by atoms with E-state index in [1.54, 1.807) is 62.4 Å². The molecule has 0 spiro atoms. The first kappa shape index (κ1) is 57.1. The van der Waals surface area contributed by atoms with Crippen molar-refractivity contribution in [1.82, 2.24) is 19.8 Å². The van der Waals surface area contributed by atoms with Gasteiger partial charge in [0.2, 0.25) is 15.9 Å². The highest BCUT2D eigenvalue weighted by molar-refractivity contribution is 7.91. The molecule has 14 nitrogen and oxygen atoms in total. The minimum atomic E-state index is -3.81. The molecule has 2 aliphatic heterocycles. The number of Topliss-reactive ketones (excluding diaryl/α,β-unsaturated/α-hetero) is 1. The maximum atomic E-state index is 13.3. The Bertz CT molecular complexity index is 2530. The van der Waals surface area contributed by atoms with Gasteiger partial charge in [0.05, 0.1) is 55.2 Å². The number of sulfonamides is 1.